The first kappa shape index (κ1) is 21.3. The highest BCUT2D eigenvalue weighted by Gasteiger charge is 2.28. The lowest BCUT2D eigenvalue weighted by Gasteiger charge is -2.26. The van der Waals surface area contributed by atoms with Crippen LogP contribution in [0.3, 0.4) is 0 Å². The summed E-state index contributed by atoms with van der Waals surface area (Å²) in [4.78, 5) is 7.11. The van der Waals surface area contributed by atoms with Gasteiger partial charge in [-0.25, -0.2) is 8.42 Å². The molecule has 6 nitrogen and oxygen atoms in total. The van der Waals surface area contributed by atoms with Gasteiger partial charge < -0.3 is 15.5 Å². The Morgan fingerprint density at radius 2 is 2.15 bits per heavy atom. The first-order valence-corrected chi connectivity index (χ1v) is 10.9. The van der Waals surface area contributed by atoms with Crippen molar-refractivity contribution in [3.8, 4) is 0 Å². The van der Waals surface area contributed by atoms with Crippen LogP contribution >= 0.6 is 24.0 Å². The minimum Gasteiger partial charge on any atom is -0.366 e. The Labute approximate surface area is 173 Å². The molecule has 2 heterocycles. The highest BCUT2D eigenvalue weighted by molar-refractivity contribution is 14.0. The summed E-state index contributed by atoms with van der Waals surface area (Å²) < 4.78 is 23.3. The maximum atomic E-state index is 11.6. The predicted molar refractivity (Wildman–Crippen MR) is 119 cm³/mol. The SMILES string of the molecule is CCNC(=NCC(C)N1CCc2ccccc21)NC1CCS(=O)(=O)C1.I. The van der Waals surface area contributed by atoms with Gasteiger partial charge in [0.1, 0.15) is 0 Å². The lowest BCUT2D eigenvalue weighted by Crippen LogP contribution is -2.45. The average molecular weight is 492 g/mol. The summed E-state index contributed by atoms with van der Waals surface area (Å²) in [5.74, 6) is 1.18. The Hall–Kier alpha value is -1.03. The maximum Gasteiger partial charge on any atom is 0.191 e. The van der Waals surface area contributed by atoms with Crippen molar-refractivity contribution in [3.63, 3.8) is 0 Å². The number of hydrogen-bond acceptors (Lipinski definition) is 4. The van der Waals surface area contributed by atoms with E-state index in [-0.39, 0.29) is 41.5 Å². The normalized spacial score (nSPS) is 22.5. The van der Waals surface area contributed by atoms with Crippen LogP contribution < -0.4 is 15.5 Å². The van der Waals surface area contributed by atoms with Gasteiger partial charge in [0.25, 0.3) is 0 Å². The number of para-hydroxylation sites is 1. The lowest BCUT2D eigenvalue weighted by molar-refractivity contribution is 0.599. The summed E-state index contributed by atoms with van der Waals surface area (Å²) in [7, 11) is -2.89. The first-order valence-electron chi connectivity index (χ1n) is 9.08. The number of sulfone groups is 1. The van der Waals surface area contributed by atoms with Crippen molar-refractivity contribution < 1.29 is 8.42 Å². The number of halogens is 1. The largest absolute Gasteiger partial charge is 0.366 e. The quantitative estimate of drug-likeness (QED) is 0.373. The Kier molecular flexibility index (Phi) is 7.57. The van der Waals surface area contributed by atoms with Crippen LogP contribution in [-0.4, -0.2) is 57.6 Å². The third-order valence-electron chi connectivity index (χ3n) is 4.89. The lowest BCUT2D eigenvalue weighted by atomic mass is 10.2. The highest BCUT2D eigenvalue weighted by Crippen LogP contribution is 2.29. The molecule has 1 fully saturated rings. The molecule has 3 rings (SSSR count). The van der Waals surface area contributed by atoms with Gasteiger partial charge in [-0.2, -0.15) is 0 Å². The smallest absolute Gasteiger partial charge is 0.191 e. The molecule has 0 saturated carbocycles. The zero-order valence-electron chi connectivity index (χ0n) is 15.4. The molecule has 0 spiro atoms. The van der Waals surface area contributed by atoms with E-state index in [4.69, 9.17) is 4.99 Å². The number of rotatable bonds is 5. The van der Waals surface area contributed by atoms with Crippen molar-refractivity contribution in [1.82, 2.24) is 10.6 Å². The van der Waals surface area contributed by atoms with Crippen molar-refractivity contribution in [2.24, 2.45) is 4.99 Å². The fraction of sp³-hybridized carbons (Fsp3) is 0.611. The van der Waals surface area contributed by atoms with Crippen molar-refractivity contribution in [1.29, 1.82) is 0 Å². The monoisotopic (exact) mass is 492 g/mol. The molecule has 2 atom stereocenters. The van der Waals surface area contributed by atoms with Gasteiger partial charge >= 0.3 is 0 Å². The van der Waals surface area contributed by atoms with Crippen LogP contribution in [0.2, 0.25) is 0 Å². The van der Waals surface area contributed by atoms with Crippen LogP contribution in [-0.2, 0) is 16.3 Å². The summed E-state index contributed by atoms with van der Waals surface area (Å²) in [6, 6.07) is 8.80. The van der Waals surface area contributed by atoms with E-state index < -0.39 is 9.84 Å². The van der Waals surface area contributed by atoms with E-state index in [1.54, 1.807) is 0 Å². The molecular weight excluding hydrogens is 463 g/mol. The molecular formula is C18H29IN4O2S. The van der Waals surface area contributed by atoms with Crippen LogP contribution in [0.1, 0.15) is 25.8 Å². The van der Waals surface area contributed by atoms with Gasteiger partial charge in [-0.15, -0.1) is 24.0 Å². The first-order chi connectivity index (χ1) is 12.0. The molecule has 0 amide bonds. The molecule has 146 valence electrons. The van der Waals surface area contributed by atoms with Gasteiger partial charge in [-0.1, -0.05) is 18.2 Å². The van der Waals surface area contributed by atoms with Gasteiger partial charge in [-0.3, -0.25) is 4.99 Å². The molecule has 2 unspecified atom stereocenters. The molecule has 1 saturated heterocycles. The molecule has 2 aliphatic heterocycles. The van der Waals surface area contributed by atoms with E-state index in [1.807, 2.05) is 6.92 Å². The fourth-order valence-electron chi connectivity index (χ4n) is 3.57. The van der Waals surface area contributed by atoms with Gasteiger partial charge in [0, 0.05) is 30.9 Å². The fourth-order valence-corrected chi connectivity index (χ4v) is 5.24. The zero-order chi connectivity index (χ0) is 17.9. The van der Waals surface area contributed by atoms with Crippen molar-refractivity contribution in [2.75, 3.05) is 36.0 Å². The minimum atomic E-state index is -2.89. The van der Waals surface area contributed by atoms with Crippen molar-refractivity contribution in [3.05, 3.63) is 29.8 Å². The molecule has 2 N–H and O–H groups in total. The number of aliphatic imine (C=N–C) groups is 1. The average Bonchev–Trinajstić information content (AvgIpc) is 3.15. The van der Waals surface area contributed by atoms with E-state index >= 15 is 0 Å². The Balaban J connectivity index is 0.00000243. The molecule has 1 aromatic rings. The van der Waals surface area contributed by atoms with Crippen LogP contribution in [0.4, 0.5) is 5.69 Å². The summed E-state index contributed by atoms with van der Waals surface area (Å²) in [5.41, 5.74) is 2.71. The van der Waals surface area contributed by atoms with E-state index in [9.17, 15) is 8.42 Å². The Morgan fingerprint density at radius 3 is 2.85 bits per heavy atom. The van der Waals surface area contributed by atoms with E-state index in [0.717, 1.165) is 19.5 Å². The maximum absolute atomic E-state index is 11.6. The Morgan fingerprint density at radius 1 is 1.38 bits per heavy atom. The number of guanidine groups is 1. The number of nitrogens with zero attached hydrogens (tertiary/aromatic N) is 2. The topological polar surface area (TPSA) is 73.8 Å². The van der Waals surface area contributed by atoms with E-state index in [0.29, 0.717) is 25.0 Å². The second-order valence-electron chi connectivity index (χ2n) is 6.89. The van der Waals surface area contributed by atoms with Crippen LogP contribution in [0.5, 0.6) is 0 Å². The second kappa shape index (κ2) is 9.25. The molecule has 0 aliphatic carbocycles. The van der Waals surface area contributed by atoms with Crippen molar-refractivity contribution in [2.45, 2.75) is 38.8 Å². The molecule has 0 aromatic heterocycles. The Bertz CT molecular complexity index is 738. The molecule has 26 heavy (non-hydrogen) atoms. The molecule has 1 aromatic carbocycles. The summed E-state index contributed by atoms with van der Waals surface area (Å²) >= 11 is 0. The van der Waals surface area contributed by atoms with Gasteiger partial charge in [0.2, 0.25) is 0 Å². The molecule has 8 heteroatoms. The van der Waals surface area contributed by atoms with Crippen LogP contribution in [0.15, 0.2) is 29.3 Å². The molecule has 0 bridgehead atoms. The minimum absolute atomic E-state index is 0. The standard InChI is InChI=1S/C18H28N4O2S.HI/c1-3-19-18(21-16-9-11-25(23,24)13-16)20-12-14(2)22-10-8-15-6-4-5-7-17(15)22;/h4-7,14,16H,3,8-13H2,1-2H3,(H2,19,20,21);1H. The summed E-state index contributed by atoms with van der Waals surface area (Å²) in [5, 5.41) is 6.51. The predicted octanol–water partition coefficient (Wildman–Crippen LogP) is 1.80. The van der Waals surface area contributed by atoms with E-state index in [1.165, 1.54) is 11.3 Å². The third-order valence-corrected chi connectivity index (χ3v) is 6.65. The van der Waals surface area contributed by atoms with Crippen molar-refractivity contribution >= 4 is 45.5 Å². The molecule has 0 radical (unpaired) electrons. The van der Waals surface area contributed by atoms with Gasteiger partial charge in [-0.05, 0) is 38.3 Å². The summed E-state index contributed by atoms with van der Waals surface area (Å²) in [6.07, 6.45) is 1.74. The number of nitrogens with one attached hydrogen (secondary N) is 2. The van der Waals surface area contributed by atoms with Crippen LogP contribution in [0, 0.1) is 0 Å². The number of hydrogen-bond donors (Lipinski definition) is 2. The highest BCUT2D eigenvalue weighted by atomic mass is 127. The molecule has 2 aliphatic rings. The van der Waals surface area contributed by atoms with Gasteiger partial charge in [0.05, 0.1) is 18.1 Å². The van der Waals surface area contributed by atoms with Crippen LogP contribution in [0.25, 0.3) is 0 Å². The zero-order valence-corrected chi connectivity index (χ0v) is 18.6. The van der Waals surface area contributed by atoms with E-state index in [2.05, 4.69) is 46.7 Å². The summed E-state index contributed by atoms with van der Waals surface area (Å²) in [6.45, 7) is 6.66. The second-order valence-corrected chi connectivity index (χ2v) is 9.11. The number of fused-ring (bicyclic) bond motifs is 1. The third kappa shape index (κ3) is 5.25. The number of benzene rings is 1. The van der Waals surface area contributed by atoms with Gasteiger partial charge in [0.15, 0.2) is 15.8 Å². The number of anilines is 1.